The number of hydrogen-bond acceptors (Lipinski definition) is 4. The van der Waals surface area contributed by atoms with Gasteiger partial charge in [0.2, 0.25) is 5.78 Å². The maximum absolute atomic E-state index is 12.6. The molecule has 0 spiro atoms. The Morgan fingerprint density at radius 2 is 1.72 bits per heavy atom. The molecule has 3 aromatic rings. The van der Waals surface area contributed by atoms with Crippen molar-refractivity contribution in [3.8, 4) is 11.5 Å². The number of aryl methyl sites for hydroxylation is 1. The molecule has 0 aromatic heterocycles. The first kappa shape index (κ1) is 19.2. The fourth-order valence-corrected chi connectivity index (χ4v) is 3.45. The van der Waals surface area contributed by atoms with Gasteiger partial charge in [-0.1, -0.05) is 47.0 Å². The number of hydrogen-bond donors (Lipinski definition) is 0. The minimum Gasteiger partial charge on any atom is -0.452 e. The third-order valence-electron chi connectivity index (χ3n) is 4.38. The van der Waals surface area contributed by atoms with Crippen LogP contribution in [-0.2, 0) is 0 Å². The third-order valence-corrected chi connectivity index (χ3v) is 5.04. The molecule has 3 aromatic carbocycles. The van der Waals surface area contributed by atoms with Gasteiger partial charge in [-0.3, -0.25) is 4.79 Å². The molecule has 0 amide bonds. The van der Waals surface area contributed by atoms with Crippen LogP contribution in [0, 0.1) is 6.92 Å². The zero-order valence-corrected chi connectivity index (χ0v) is 16.8. The number of carbonyl (C=O) groups is 2. The highest BCUT2D eigenvalue weighted by molar-refractivity contribution is 6.37. The summed E-state index contributed by atoms with van der Waals surface area (Å²) >= 11 is 12.3. The maximum atomic E-state index is 12.6. The van der Waals surface area contributed by atoms with Gasteiger partial charge in [0.25, 0.3) is 0 Å². The van der Waals surface area contributed by atoms with Crippen LogP contribution in [0.15, 0.2) is 66.4 Å². The van der Waals surface area contributed by atoms with Crippen molar-refractivity contribution in [2.24, 2.45) is 0 Å². The number of halogens is 2. The predicted molar refractivity (Wildman–Crippen MR) is 112 cm³/mol. The van der Waals surface area contributed by atoms with Gasteiger partial charge in [0.1, 0.15) is 11.5 Å². The van der Waals surface area contributed by atoms with E-state index in [1.54, 1.807) is 48.5 Å². The van der Waals surface area contributed by atoms with E-state index in [-0.39, 0.29) is 17.3 Å². The smallest absolute Gasteiger partial charge is 0.343 e. The largest absolute Gasteiger partial charge is 0.452 e. The van der Waals surface area contributed by atoms with E-state index in [2.05, 4.69) is 0 Å². The lowest BCUT2D eigenvalue weighted by Crippen LogP contribution is -2.08. The summed E-state index contributed by atoms with van der Waals surface area (Å²) < 4.78 is 11.1. The summed E-state index contributed by atoms with van der Waals surface area (Å²) in [5.41, 5.74) is 2.26. The first-order valence-corrected chi connectivity index (χ1v) is 9.49. The number of benzene rings is 3. The average Bonchev–Trinajstić information content (AvgIpc) is 3.00. The molecule has 4 nitrogen and oxygen atoms in total. The molecule has 1 heterocycles. The quantitative estimate of drug-likeness (QED) is 0.288. The molecule has 0 saturated carbocycles. The van der Waals surface area contributed by atoms with Gasteiger partial charge in [0, 0.05) is 21.7 Å². The van der Waals surface area contributed by atoms with Crippen LogP contribution in [0.2, 0.25) is 10.0 Å². The van der Waals surface area contributed by atoms with Gasteiger partial charge in [0.15, 0.2) is 5.76 Å². The Hall–Kier alpha value is -3.08. The molecule has 0 unspecified atom stereocenters. The average molecular weight is 425 g/mol. The Labute approximate surface area is 177 Å². The van der Waals surface area contributed by atoms with Crippen LogP contribution in [0.5, 0.6) is 11.5 Å². The molecular weight excluding hydrogens is 411 g/mol. The van der Waals surface area contributed by atoms with Gasteiger partial charge in [0.05, 0.1) is 11.1 Å². The maximum Gasteiger partial charge on any atom is 0.343 e. The number of esters is 1. The summed E-state index contributed by atoms with van der Waals surface area (Å²) in [6.07, 6.45) is 1.51. The Bertz CT molecular complexity index is 1160. The first-order chi connectivity index (χ1) is 13.9. The molecule has 0 saturated heterocycles. The van der Waals surface area contributed by atoms with E-state index in [1.165, 1.54) is 12.1 Å². The minimum absolute atomic E-state index is 0.0946. The Morgan fingerprint density at radius 3 is 2.45 bits per heavy atom. The van der Waals surface area contributed by atoms with Crippen LogP contribution in [0.4, 0.5) is 0 Å². The van der Waals surface area contributed by atoms with Crippen molar-refractivity contribution in [2.75, 3.05) is 0 Å². The standard InChI is InChI=1S/C23H14Cl2O4/c1-13-4-2-5-14(10-13)23(27)28-15-8-9-16-20(11-15)29-21(22(16)26)12-17-18(24)6-3-7-19(17)25/h2-12H,1H3/b21-12-. The number of fused-ring (bicyclic) bond motifs is 1. The number of Topliss-reactive ketones (excluding diaryl/α,β-unsaturated/α-hetero) is 1. The molecule has 0 atom stereocenters. The predicted octanol–water partition coefficient (Wildman–Crippen LogP) is 6.14. The van der Waals surface area contributed by atoms with Crippen molar-refractivity contribution in [3.63, 3.8) is 0 Å². The van der Waals surface area contributed by atoms with Crippen molar-refractivity contribution in [2.45, 2.75) is 6.92 Å². The number of rotatable bonds is 3. The van der Waals surface area contributed by atoms with Gasteiger partial charge in [-0.25, -0.2) is 4.79 Å². The van der Waals surface area contributed by atoms with E-state index in [4.69, 9.17) is 32.7 Å². The summed E-state index contributed by atoms with van der Waals surface area (Å²) in [6, 6.07) is 16.8. The molecule has 4 rings (SSSR count). The minimum atomic E-state index is -0.489. The van der Waals surface area contributed by atoms with E-state index in [0.29, 0.717) is 32.5 Å². The lowest BCUT2D eigenvalue weighted by molar-refractivity contribution is 0.0734. The Morgan fingerprint density at radius 1 is 1.00 bits per heavy atom. The second-order valence-corrected chi connectivity index (χ2v) is 7.31. The van der Waals surface area contributed by atoms with Crippen LogP contribution < -0.4 is 9.47 Å². The number of ether oxygens (including phenoxy) is 2. The summed E-state index contributed by atoms with van der Waals surface area (Å²) in [4.78, 5) is 25.0. The fourth-order valence-electron chi connectivity index (χ4n) is 2.95. The van der Waals surface area contributed by atoms with Gasteiger partial charge in [-0.2, -0.15) is 0 Å². The number of carbonyl (C=O) groups excluding carboxylic acids is 2. The van der Waals surface area contributed by atoms with Crippen LogP contribution >= 0.6 is 23.2 Å². The van der Waals surface area contributed by atoms with Crippen LogP contribution in [-0.4, -0.2) is 11.8 Å². The van der Waals surface area contributed by atoms with Crippen LogP contribution in [0.25, 0.3) is 6.08 Å². The van der Waals surface area contributed by atoms with Gasteiger partial charge in [-0.15, -0.1) is 0 Å². The molecule has 0 fully saturated rings. The molecule has 0 N–H and O–H groups in total. The SMILES string of the molecule is Cc1cccc(C(=O)Oc2ccc3c(c2)O/C(=C\c2c(Cl)cccc2Cl)C3=O)c1. The summed E-state index contributed by atoms with van der Waals surface area (Å²) in [7, 11) is 0. The lowest BCUT2D eigenvalue weighted by Gasteiger charge is -2.06. The number of allylic oxidation sites excluding steroid dienone is 1. The van der Waals surface area contributed by atoms with E-state index in [9.17, 15) is 9.59 Å². The molecular formula is C23H14Cl2O4. The van der Waals surface area contributed by atoms with Crippen molar-refractivity contribution in [3.05, 3.63) is 98.7 Å². The fraction of sp³-hybridized carbons (Fsp3) is 0.0435. The zero-order chi connectivity index (χ0) is 20.5. The van der Waals surface area contributed by atoms with Gasteiger partial charge in [-0.05, 0) is 49.4 Å². The second kappa shape index (κ2) is 7.74. The normalized spacial score (nSPS) is 13.9. The van der Waals surface area contributed by atoms with Crippen LogP contribution in [0.3, 0.4) is 0 Å². The molecule has 0 bridgehead atoms. The van der Waals surface area contributed by atoms with Crippen molar-refractivity contribution >= 4 is 41.0 Å². The highest BCUT2D eigenvalue weighted by atomic mass is 35.5. The topological polar surface area (TPSA) is 52.6 Å². The molecule has 6 heteroatoms. The highest BCUT2D eigenvalue weighted by Crippen LogP contribution is 2.36. The van der Waals surface area contributed by atoms with E-state index < -0.39 is 5.97 Å². The molecule has 0 aliphatic carbocycles. The number of ketones is 1. The Balaban J connectivity index is 1.59. The third kappa shape index (κ3) is 3.90. The van der Waals surface area contributed by atoms with Crippen molar-refractivity contribution < 1.29 is 19.1 Å². The summed E-state index contributed by atoms with van der Waals surface area (Å²) in [5, 5.41) is 0.815. The summed E-state index contributed by atoms with van der Waals surface area (Å²) in [6.45, 7) is 1.89. The van der Waals surface area contributed by atoms with E-state index >= 15 is 0 Å². The first-order valence-electron chi connectivity index (χ1n) is 8.73. The summed E-state index contributed by atoms with van der Waals surface area (Å²) in [5.74, 6) is -0.111. The highest BCUT2D eigenvalue weighted by Gasteiger charge is 2.28. The van der Waals surface area contributed by atoms with E-state index in [1.807, 2.05) is 13.0 Å². The monoisotopic (exact) mass is 424 g/mol. The van der Waals surface area contributed by atoms with Crippen molar-refractivity contribution in [1.29, 1.82) is 0 Å². The molecule has 1 aliphatic rings. The molecule has 29 heavy (non-hydrogen) atoms. The van der Waals surface area contributed by atoms with E-state index in [0.717, 1.165) is 5.56 Å². The van der Waals surface area contributed by atoms with Gasteiger partial charge < -0.3 is 9.47 Å². The molecule has 144 valence electrons. The molecule has 1 aliphatic heterocycles. The van der Waals surface area contributed by atoms with Gasteiger partial charge >= 0.3 is 5.97 Å². The lowest BCUT2D eigenvalue weighted by atomic mass is 10.1. The zero-order valence-electron chi connectivity index (χ0n) is 15.2. The van der Waals surface area contributed by atoms with Crippen LogP contribution in [0.1, 0.15) is 31.8 Å². The second-order valence-electron chi connectivity index (χ2n) is 6.49. The Kier molecular flexibility index (Phi) is 5.14. The van der Waals surface area contributed by atoms with Crippen molar-refractivity contribution in [1.82, 2.24) is 0 Å². The molecule has 0 radical (unpaired) electrons.